The molecule has 2 rings (SSSR count). The lowest BCUT2D eigenvalue weighted by Crippen LogP contribution is -2.43. The number of halogens is 1. The molecule has 1 aliphatic heterocycles. The fraction of sp³-hybridized carbons (Fsp3) is 0.500. The molecule has 0 saturated carbocycles. The molecule has 1 N–H and O–H groups in total. The Hall–Kier alpha value is -1.26. The van der Waals surface area contributed by atoms with Crippen LogP contribution < -0.4 is 10.1 Å². The Morgan fingerprint density at radius 3 is 2.89 bits per heavy atom. The SMILES string of the molecule is CNC(=O)C1CCCN1CCOc1ccc(Cl)cc1. The number of likely N-dealkylation sites (N-methyl/N-ethyl adjacent to an activating group) is 1. The number of carbonyl (C=O) groups excluding carboxylic acids is 1. The minimum Gasteiger partial charge on any atom is -0.492 e. The van der Waals surface area contributed by atoms with Gasteiger partial charge in [0.25, 0.3) is 0 Å². The highest BCUT2D eigenvalue weighted by molar-refractivity contribution is 6.30. The molecule has 5 heteroatoms. The zero-order valence-corrected chi connectivity index (χ0v) is 11.8. The molecule has 1 heterocycles. The van der Waals surface area contributed by atoms with Crippen molar-refractivity contribution in [2.45, 2.75) is 18.9 Å². The second-order valence-electron chi connectivity index (χ2n) is 4.61. The molecule has 1 fully saturated rings. The molecule has 104 valence electrons. The lowest BCUT2D eigenvalue weighted by atomic mass is 10.2. The third-order valence-corrected chi connectivity index (χ3v) is 3.63. The lowest BCUT2D eigenvalue weighted by molar-refractivity contribution is -0.125. The van der Waals surface area contributed by atoms with E-state index in [1.54, 1.807) is 19.2 Å². The van der Waals surface area contributed by atoms with E-state index in [2.05, 4.69) is 10.2 Å². The maximum atomic E-state index is 11.7. The zero-order chi connectivity index (χ0) is 13.7. The van der Waals surface area contributed by atoms with E-state index in [1.165, 1.54) is 0 Å². The first-order valence-corrected chi connectivity index (χ1v) is 6.92. The molecule has 1 unspecified atom stereocenters. The van der Waals surface area contributed by atoms with Gasteiger partial charge in [-0.1, -0.05) is 11.6 Å². The smallest absolute Gasteiger partial charge is 0.237 e. The second-order valence-corrected chi connectivity index (χ2v) is 5.05. The monoisotopic (exact) mass is 282 g/mol. The van der Waals surface area contributed by atoms with Gasteiger partial charge in [0.1, 0.15) is 12.4 Å². The fourth-order valence-corrected chi connectivity index (χ4v) is 2.49. The standard InChI is InChI=1S/C14H19ClN2O2/c1-16-14(18)13-3-2-8-17(13)9-10-19-12-6-4-11(15)5-7-12/h4-7,13H,2-3,8-10H2,1H3,(H,16,18). The van der Waals surface area contributed by atoms with Gasteiger partial charge < -0.3 is 10.1 Å². The van der Waals surface area contributed by atoms with Crippen LogP contribution in [0.1, 0.15) is 12.8 Å². The summed E-state index contributed by atoms with van der Waals surface area (Å²) in [4.78, 5) is 13.9. The minimum absolute atomic E-state index is 0.00109. The van der Waals surface area contributed by atoms with Gasteiger partial charge >= 0.3 is 0 Å². The summed E-state index contributed by atoms with van der Waals surface area (Å²) in [5.74, 6) is 0.907. The van der Waals surface area contributed by atoms with E-state index in [4.69, 9.17) is 16.3 Å². The van der Waals surface area contributed by atoms with Crippen LogP contribution in [0.2, 0.25) is 5.02 Å². The molecule has 0 bridgehead atoms. The summed E-state index contributed by atoms with van der Waals surface area (Å²) in [6.07, 6.45) is 2.00. The predicted octanol–water partition coefficient (Wildman–Crippen LogP) is 1.93. The number of nitrogens with one attached hydrogen (secondary N) is 1. The maximum absolute atomic E-state index is 11.7. The summed E-state index contributed by atoms with van der Waals surface area (Å²) in [7, 11) is 1.68. The van der Waals surface area contributed by atoms with Crippen LogP contribution in [0.4, 0.5) is 0 Å². The van der Waals surface area contributed by atoms with Crippen molar-refractivity contribution < 1.29 is 9.53 Å². The number of carbonyl (C=O) groups is 1. The van der Waals surface area contributed by atoms with Crippen molar-refractivity contribution in [1.29, 1.82) is 0 Å². The second kappa shape index (κ2) is 6.78. The Morgan fingerprint density at radius 1 is 1.47 bits per heavy atom. The van der Waals surface area contributed by atoms with Gasteiger partial charge in [-0.15, -0.1) is 0 Å². The van der Waals surface area contributed by atoms with E-state index >= 15 is 0 Å². The molecule has 0 radical (unpaired) electrons. The number of amides is 1. The Labute approximate surface area is 118 Å². The number of hydrogen-bond acceptors (Lipinski definition) is 3. The Bertz CT molecular complexity index is 422. The van der Waals surface area contributed by atoms with Gasteiger partial charge in [-0.05, 0) is 43.7 Å². The van der Waals surface area contributed by atoms with Crippen molar-refractivity contribution in [2.24, 2.45) is 0 Å². The van der Waals surface area contributed by atoms with Crippen molar-refractivity contribution >= 4 is 17.5 Å². The summed E-state index contributed by atoms with van der Waals surface area (Å²) in [5, 5.41) is 3.42. The highest BCUT2D eigenvalue weighted by Crippen LogP contribution is 2.18. The highest BCUT2D eigenvalue weighted by Gasteiger charge is 2.29. The Morgan fingerprint density at radius 2 is 2.21 bits per heavy atom. The maximum Gasteiger partial charge on any atom is 0.237 e. The molecule has 0 aromatic heterocycles. The van der Waals surface area contributed by atoms with Crippen molar-refractivity contribution in [3.63, 3.8) is 0 Å². The number of benzene rings is 1. The molecule has 1 aromatic rings. The molecule has 1 saturated heterocycles. The van der Waals surface area contributed by atoms with Gasteiger partial charge in [0.05, 0.1) is 6.04 Å². The van der Waals surface area contributed by atoms with Crippen LogP contribution in [0.15, 0.2) is 24.3 Å². The first-order chi connectivity index (χ1) is 9.20. The number of ether oxygens (including phenoxy) is 1. The van der Waals surface area contributed by atoms with Crippen LogP contribution in [-0.2, 0) is 4.79 Å². The van der Waals surface area contributed by atoms with Gasteiger partial charge in [-0.3, -0.25) is 9.69 Å². The van der Waals surface area contributed by atoms with Crippen LogP contribution in [0.5, 0.6) is 5.75 Å². The van der Waals surface area contributed by atoms with E-state index in [1.807, 2.05) is 12.1 Å². The first-order valence-electron chi connectivity index (χ1n) is 6.54. The molecule has 1 atom stereocenters. The van der Waals surface area contributed by atoms with E-state index in [-0.39, 0.29) is 11.9 Å². The number of likely N-dealkylation sites (tertiary alicyclic amines) is 1. The normalized spacial score (nSPS) is 19.4. The first kappa shape index (κ1) is 14.2. The van der Waals surface area contributed by atoms with E-state index in [0.29, 0.717) is 11.6 Å². The summed E-state index contributed by atoms with van der Waals surface area (Å²) < 4.78 is 5.65. The summed E-state index contributed by atoms with van der Waals surface area (Å²) >= 11 is 5.81. The van der Waals surface area contributed by atoms with Crippen LogP contribution in [-0.4, -0.2) is 43.6 Å². The van der Waals surface area contributed by atoms with E-state index in [0.717, 1.165) is 31.7 Å². The van der Waals surface area contributed by atoms with Crippen LogP contribution in [0, 0.1) is 0 Å². The number of hydrogen-bond donors (Lipinski definition) is 1. The molecule has 1 amide bonds. The molecule has 0 aliphatic carbocycles. The largest absolute Gasteiger partial charge is 0.492 e. The average molecular weight is 283 g/mol. The van der Waals surface area contributed by atoms with Crippen molar-refractivity contribution in [2.75, 3.05) is 26.7 Å². The van der Waals surface area contributed by atoms with Crippen molar-refractivity contribution in [3.05, 3.63) is 29.3 Å². The molecular weight excluding hydrogens is 264 g/mol. The lowest BCUT2D eigenvalue weighted by Gasteiger charge is -2.22. The van der Waals surface area contributed by atoms with Gasteiger partial charge in [-0.25, -0.2) is 0 Å². The third-order valence-electron chi connectivity index (χ3n) is 3.37. The van der Waals surface area contributed by atoms with Gasteiger partial charge in [0, 0.05) is 18.6 Å². The number of rotatable bonds is 5. The average Bonchev–Trinajstić information content (AvgIpc) is 2.88. The fourth-order valence-electron chi connectivity index (χ4n) is 2.37. The third kappa shape index (κ3) is 3.85. The number of nitrogens with zero attached hydrogens (tertiary/aromatic N) is 1. The summed E-state index contributed by atoms with van der Waals surface area (Å²) in [5.41, 5.74) is 0. The van der Waals surface area contributed by atoms with Gasteiger partial charge in [-0.2, -0.15) is 0 Å². The van der Waals surface area contributed by atoms with Crippen LogP contribution >= 0.6 is 11.6 Å². The zero-order valence-electron chi connectivity index (χ0n) is 11.1. The molecule has 1 aliphatic rings. The molecule has 1 aromatic carbocycles. The van der Waals surface area contributed by atoms with E-state index in [9.17, 15) is 4.79 Å². The molecule has 19 heavy (non-hydrogen) atoms. The summed E-state index contributed by atoms with van der Waals surface area (Å²) in [6, 6.07) is 7.31. The summed E-state index contributed by atoms with van der Waals surface area (Å²) in [6.45, 7) is 2.30. The van der Waals surface area contributed by atoms with Crippen molar-refractivity contribution in [1.82, 2.24) is 10.2 Å². The molecular formula is C14H19ClN2O2. The van der Waals surface area contributed by atoms with Crippen LogP contribution in [0.25, 0.3) is 0 Å². The quantitative estimate of drug-likeness (QED) is 0.897. The minimum atomic E-state index is -0.00109. The molecule has 4 nitrogen and oxygen atoms in total. The topological polar surface area (TPSA) is 41.6 Å². The predicted molar refractivity (Wildman–Crippen MR) is 75.6 cm³/mol. The molecule has 0 spiro atoms. The van der Waals surface area contributed by atoms with E-state index < -0.39 is 0 Å². The Balaban J connectivity index is 1.78. The van der Waals surface area contributed by atoms with Gasteiger partial charge in [0.15, 0.2) is 0 Å². The van der Waals surface area contributed by atoms with Crippen molar-refractivity contribution in [3.8, 4) is 5.75 Å². The van der Waals surface area contributed by atoms with Gasteiger partial charge in [0.2, 0.25) is 5.91 Å². The van der Waals surface area contributed by atoms with Crippen LogP contribution in [0.3, 0.4) is 0 Å². The Kier molecular flexibility index (Phi) is 5.05. The highest BCUT2D eigenvalue weighted by atomic mass is 35.5.